The quantitative estimate of drug-likeness (QED) is 0.753. The fourth-order valence-electron chi connectivity index (χ4n) is 2.75. The molecule has 0 aromatic carbocycles. The number of carbonyl (C=O) groups is 3. The number of aryl methyl sites for hydroxylation is 1. The van der Waals surface area contributed by atoms with Crippen molar-refractivity contribution in [2.45, 2.75) is 38.6 Å². The van der Waals surface area contributed by atoms with Gasteiger partial charge >= 0.3 is 5.97 Å². The number of aromatic nitrogens is 1. The molecule has 1 aromatic rings. The number of Topliss-reactive ketones (excluding diaryl/α,β-unsaturated/α-hetero) is 1. The summed E-state index contributed by atoms with van der Waals surface area (Å²) in [6.45, 7) is 2.91. The maximum atomic E-state index is 12.4. The number of rotatable bonds is 5. The lowest BCUT2D eigenvalue weighted by atomic mass is 9.93. The Balaban J connectivity index is 2.31. The molecule has 0 fully saturated rings. The van der Waals surface area contributed by atoms with Crippen molar-refractivity contribution in [3.63, 3.8) is 0 Å². The van der Waals surface area contributed by atoms with Crippen LogP contribution in [0.5, 0.6) is 0 Å². The summed E-state index contributed by atoms with van der Waals surface area (Å²) in [5.41, 5.74) is 0.600. The van der Waals surface area contributed by atoms with Crippen molar-refractivity contribution in [1.82, 2.24) is 10.3 Å². The number of hydrogen-bond acceptors (Lipinski definition) is 4. The molecular weight excluding hydrogens is 288 g/mol. The number of methoxy groups -OCH3 is 1. The van der Waals surface area contributed by atoms with Crippen LogP contribution in [0.3, 0.4) is 0 Å². The summed E-state index contributed by atoms with van der Waals surface area (Å²) >= 11 is 0. The lowest BCUT2D eigenvalue weighted by molar-refractivity contribution is -0.145. The first-order chi connectivity index (χ1) is 10.3. The highest BCUT2D eigenvalue weighted by Gasteiger charge is 2.36. The number of fused-ring (bicyclic) bond motifs is 1. The highest BCUT2D eigenvalue weighted by atomic mass is 16.5. The average molecular weight is 308 g/mol. The Kier molecular flexibility index (Phi) is 4.37. The molecule has 0 saturated heterocycles. The van der Waals surface area contributed by atoms with Gasteiger partial charge in [0.1, 0.15) is 5.69 Å². The molecule has 0 saturated carbocycles. The monoisotopic (exact) mass is 308 g/mol. The zero-order valence-corrected chi connectivity index (χ0v) is 12.9. The second-order valence-corrected chi connectivity index (χ2v) is 5.78. The van der Waals surface area contributed by atoms with E-state index in [1.54, 1.807) is 6.92 Å². The number of hydrogen-bond donors (Lipinski definition) is 3. The van der Waals surface area contributed by atoms with Crippen molar-refractivity contribution in [1.29, 1.82) is 0 Å². The lowest BCUT2D eigenvalue weighted by Gasteiger charge is -2.25. The van der Waals surface area contributed by atoms with E-state index in [2.05, 4.69) is 10.3 Å². The molecule has 1 heterocycles. The van der Waals surface area contributed by atoms with Crippen LogP contribution in [0.4, 0.5) is 0 Å². The van der Waals surface area contributed by atoms with Crippen LogP contribution in [0.2, 0.25) is 0 Å². The Morgan fingerprint density at radius 3 is 2.64 bits per heavy atom. The minimum atomic E-state index is -1.53. The molecular formula is C15H20N2O5. The topological polar surface area (TPSA) is 108 Å². The maximum absolute atomic E-state index is 12.4. The molecule has 1 amide bonds. The summed E-state index contributed by atoms with van der Waals surface area (Å²) in [5.74, 6) is -1.72. The number of nitrogens with one attached hydrogen (secondary N) is 2. The van der Waals surface area contributed by atoms with Crippen molar-refractivity contribution in [3.05, 3.63) is 22.5 Å². The van der Waals surface area contributed by atoms with Gasteiger partial charge in [0, 0.05) is 24.8 Å². The van der Waals surface area contributed by atoms with Gasteiger partial charge in [0.15, 0.2) is 11.3 Å². The minimum absolute atomic E-state index is 0.0203. The largest absolute Gasteiger partial charge is 0.479 e. The zero-order valence-electron chi connectivity index (χ0n) is 12.9. The van der Waals surface area contributed by atoms with Gasteiger partial charge in [0.2, 0.25) is 0 Å². The van der Waals surface area contributed by atoms with Crippen LogP contribution < -0.4 is 5.32 Å². The molecule has 120 valence electrons. The van der Waals surface area contributed by atoms with Crippen LogP contribution in [0, 0.1) is 6.92 Å². The first kappa shape index (κ1) is 16.2. The fraction of sp³-hybridized carbons (Fsp3) is 0.533. The number of ether oxygens (including phenoxy) is 1. The predicted molar refractivity (Wildman–Crippen MR) is 78.2 cm³/mol. The standard InChI is InChI=1S/C15H20N2O5/c1-8-11-9(5-4-6-10(11)18)16-12(8)13(19)17-15(2,7-22-3)14(20)21/h16H,4-7H2,1-3H3,(H,17,19)(H,20,21). The summed E-state index contributed by atoms with van der Waals surface area (Å²) in [4.78, 5) is 38.7. The van der Waals surface area contributed by atoms with Crippen LogP contribution in [0.1, 0.15) is 51.9 Å². The van der Waals surface area contributed by atoms with Crippen molar-refractivity contribution in [2.75, 3.05) is 13.7 Å². The number of amides is 1. The molecule has 0 aliphatic heterocycles. The Labute approximate surface area is 128 Å². The Morgan fingerprint density at radius 2 is 2.09 bits per heavy atom. The maximum Gasteiger partial charge on any atom is 0.331 e. The van der Waals surface area contributed by atoms with Crippen LogP contribution in [-0.4, -0.2) is 47.0 Å². The molecule has 0 bridgehead atoms. The summed E-state index contributed by atoms with van der Waals surface area (Å²) in [6, 6.07) is 0. The number of aromatic amines is 1. The van der Waals surface area contributed by atoms with Gasteiger partial charge in [-0.15, -0.1) is 0 Å². The van der Waals surface area contributed by atoms with E-state index in [4.69, 9.17) is 4.74 Å². The van der Waals surface area contributed by atoms with E-state index in [1.165, 1.54) is 14.0 Å². The minimum Gasteiger partial charge on any atom is -0.479 e. The van der Waals surface area contributed by atoms with Crippen molar-refractivity contribution < 1.29 is 24.2 Å². The van der Waals surface area contributed by atoms with Gasteiger partial charge in [-0.3, -0.25) is 9.59 Å². The van der Waals surface area contributed by atoms with Crippen molar-refractivity contribution >= 4 is 17.7 Å². The van der Waals surface area contributed by atoms with Gasteiger partial charge in [-0.2, -0.15) is 0 Å². The Morgan fingerprint density at radius 1 is 1.41 bits per heavy atom. The number of carbonyl (C=O) groups excluding carboxylic acids is 2. The van der Waals surface area contributed by atoms with E-state index in [9.17, 15) is 19.5 Å². The van der Waals surface area contributed by atoms with Crippen LogP contribution >= 0.6 is 0 Å². The first-order valence-corrected chi connectivity index (χ1v) is 7.09. The van der Waals surface area contributed by atoms with E-state index in [-0.39, 0.29) is 18.1 Å². The lowest BCUT2D eigenvalue weighted by Crippen LogP contribution is -2.55. The van der Waals surface area contributed by atoms with E-state index in [0.29, 0.717) is 24.0 Å². The number of carboxylic acid groups (broad SMARTS) is 1. The van der Waals surface area contributed by atoms with Crippen molar-refractivity contribution in [3.8, 4) is 0 Å². The third kappa shape index (κ3) is 2.76. The predicted octanol–water partition coefficient (Wildman–Crippen LogP) is 1.06. The van der Waals surface area contributed by atoms with E-state index in [1.807, 2.05) is 0 Å². The molecule has 1 aliphatic rings. The van der Waals surface area contributed by atoms with Gasteiger partial charge < -0.3 is 20.1 Å². The number of H-pyrrole nitrogens is 1. The molecule has 7 heteroatoms. The van der Waals surface area contributed by atoms with Gasteiger partial charge in [0.05, 0.1) is 6.61 Å². The summed E-state index contributed by atoms with van der Waals surface area (Å²) < 4.78 is 4.87. The van der Waals surface area contributed by atoms with Crippen LogP contribution in [-0.2, 0) is 16.0 Å². The van der Waals surface area contributed by atoms with E-state index < -0.39 is 17.4 Å². The average Bonchev–Trinajstić information content (AvgIpc) is 2.77. The molecule has 1 aliphatic carbocycles. The number of aliphatic carboxylic acids is 1. The molecule has 1 aromatic heterocycles. The SMILES string of the molecule is COCC(C)(NC(=O)c1[nH]c2c(c1C)C(=O)CCC2)C(=O)O. The highest BCUT2D eigenvalue weighted by Crippen LogP contribution is 2.26. The molecule has 7 nitrogen and oxygen atoms in total. The Hall–Kier alpha value is -2.15. The van der Waals surface area contributed by atoms with Crippen molar-refractivity contribution in [2.24, 2.45) is 0 Å². The molecule has 22 heavy (non-hydrogen) atoms. The summed E-state index contributed by atoms with van der Waals surface area (Å²) in [7, 11) is 1.37. The molecule has 3 N–H and O–H groups in total. The van der Waals surface area contributed by atoms with Crippen LogP contribution in [0.25, 0.3) is 0 Å². The number of carboxylic acids is 1. The van der Waals surface area contributed by atoms with Crippen LogP contribution in [0.15, 0.2) is 0 Å². The third-order valence-corrected chi connectivity index (χ3v) is 3.96. The zero-order chi connectivity index (χ0) is 16.5. The highest BCUT2D eigenvalue weighted by molar-refractivity contribution is 6.05. The summed E-state index contributed by atoms with van der Waals surface area (Å²) in [6.07, 6.45) is 1.94. The summed E-state index contributed by atoms with van der Waals surface area (Å²) in [5, 5.41) is 11.7. The van der Waals surface area contributed by atoms with Gasteiger partial charge in [-0.05, 0) is 32.3 Å². The van der Waals surface area contributed by atoms with Gasteiger partial charge in [-0.25, -0.2) is 4.79 Å². The van der Waals surface area contributed by atoms with E-state index in [0.717, 1.165) is 12.1 Å². The normalized spacial score (nSPS) is 16.8. The molecule has 0 spiro atoms. The third-order valence-electron chi connectivity index (χ3n) is 3.96. The molecule has 0 radical (unpaired) electrons. The molecule has 1 atom stereocenters. The number of ketones is 1. The first-order valence-electron chi connectivity index (χ1n) is 7.09. The molecule has 2 rings (SSSR count). The Bertz CT molecular complexity index is 634. The van der Waals surface area contributed by atoms with Gasteiger partial charge in [0.25, 0.3) is 5.91 Å². The fourth-order valence-corrected chi connectivity index (χ4v) is 2.75. The van der Waals surface area contributed by atoms with E-state index >= 15 is 0 Å². The second kappa shape index (κ2) is 5.92. The molecule has 1 unspecified atom stereocenters. The smallest absolute Gasteiger partial charge is 0.331 e. The second-order valence-electron chi connectivity index (χ2n) is 5.78. The van der Waals surface area contributed by atoms with Gasteiger partial charge in [-0.1, -0.05) is 0 Å².